The molecule has 1 aromatic carbocycles. The lowest BCUT2D eigenvalue weighted by molar-refractivity contribution is 0.0690. The molecular weight excluding hydrogens is 352 g/mol. The number of para-hydroxylation sites is 1. The summed E-state index contributed by atoms with van der Waals surface area (Å²) in [6.45, 7) is 1.48. The zero-order valence-corrected chi connectivity index (χ0v) is 15.6. The molecule has 7 nitrogen and oxygen atoms in total. The van der Waals surface area contributed by atoms with Crippen molar-refractivity contribution in [1.29, 1.82) is 0 Å². The smallest absolute Gasteiger partial charge is 0.274 e. The monoisotopic (exact) mass is 374 g/mol. The lowest BCUT2D eigenvalue weighted by Gasteiger charge is -2.33. The van der Waals surface area contributed by atoms with Gasteiger partial charge >= 0.3 is 0 Å². The number of benzene rings is 1. The molecule has 1 aromatic heterocycles. The summed E-state index contributed by atoms with van der Waals surface area (Å²) in [6.07, 6.45) is 4.03. The van der Waals surface area contributed by atoms with E-state index in [1.54, 1.807) is 4.90 Å². The summed E-state index contributed by atoms with van der Waals surface area (Å²) in [5, 5.41) is 4.64. The van der Waals surface area contributed by atoms with E-state index in [9.17, 15) is 13.2 Å². The molecule has 1 aliphatic heterocycles. The van der Waals surface area contributed by atoms with Gasteiger partial charge < -0.3 is 4.90 Å². The van der Waals surface area contributed by atoms with Gasteiger partial charge in [-0.3, -0.25) is 4.79 Å². The van der Waals surface area contributed by atoms with Gasteiger partial charge in [0.1, 0.15) is 0 Å². The number of carbonyl (C=O) groups excluding carboxylic acids is 1. The van der Waals surface area contributed by atoms with Crippen LogP contribution in [0.2, 0.25) is 0 Å². The maximum Gasteiger partial charge on any atom is 0.274 e. The molecule has 0 radical (unpaired) electrons. The standard InChI is InChI=1S/C18H22N4O3S/c1-26(24,25)21-12-10-20(11-13-21)18(23)17-15-8-5-9-16(15)22(19-17)14-6-3-2-4-7-14/h2-4,6-7H,5,8-13H2,1H3. The van der Waals surface area contributed by atoms with Gasteiger partial charge in [-0.15, -0.1) is 0 Å². The fraction of sp³-hybridized carbons (Fsp3) is 0.444. The third-order valence-electron chi connectivity index (χ3n) is 5.13. The van der Waals surface area contributed by atoms with Crippen molar-refractivity contribution in [2.75, 3.05) is 32.4 Å². The Labute approximate surface area is 153 Å². The number of sulfonamides is 1. The van der Waals surface area contributed by atoms with Crippen molar-refractivity contribution in [3.63, 3.8) is 0 Å². The second kappa shape index (κ2) is 6.51. The molecule has 8 heteroatoms. The van der Waals surface area contributed by atoms with Gasteiger partial charge in [0, 0.05) is 37.4 Å². The molecule has 0 unspecified atom stereocenters. The molecule has 26 heavy (non-hydrogen) atoms. The first-order valence-electron chi connectivity index (χ1n) is 8.86. The molecule has 1 saturated heterocycles. The van der Waals surface area contributed by atoms with Gasteiger partial charge in [0.2, 0.25) is 10.0 Å². The summed E-state index contributed by atoms with van der Waals surface area (Å²) < 4.78 is 26.6. The lowest BCUT2D eigenvalue weighted by Crippen LogP contribution is -2.50. The third kappa shape index (κ3) is 3.03. The molecule has 4 rings (SSSR count). The van der Waals surface area contributed by atoms with E-state index in [4.69, 9.17) is 0 Å². The number of nitrogens with zero attached hydrogens (tertiary/aromatic N) is 4. The van der Waals surface area contributed by atoms with Crippen molar-refractivity contribution in [1.82, 2.24) is 19.0 Å². The molecule has 1 amide bonds. The van der Waals surface area contributed by atoms with E-state index in [0.717, 1.165) is 36.2 Å². The quantitative estimate of drug-likeness (QED) is 0.806. The Morgan fingerprint density at radius 1 is 1.04 bits per heavy atom. The molecule has 0 bridgehead atoms. The number of aromatic nitrogens is 2. The van der Waals surface area contributed by atoms with Crippen LogP contribution in [-0.4, -0.2) is 65.7 Å². The van der Waals surface area contributed by atoms with Gasteiger partial charge in [0.25, 0.3) is 5.91 Å². The first kappa shape index (κ1) is 17.2. The van der Waals surface area contributed by atoms with E-state index in [1.165, 1.54) is 10.6 Å². The van der Waals surface area contributed by atoms with Crippen molar-refractivity contribution in [3.05, 3.63) is 47.3 Å². The predicted octanol–water partition coefficient (Wildman–Crippen LogP) is 1.08. The van der Waals surface area contributed by atoms with E-state index < -0.39 is 10.0 Å². The maximum absolute atomic E-state index is 13.0. The Kier molecular flexibility index (Phi) is 4.32. The van der Waals surface area contributed by atoms with E-state index in [1.807, 2.05) is 35.0 Å². The Morgan fingerprint density at radius 2 is 1.73 bits per heavy atom. The van der Waals surface area contributed by atoms with Gasteiger partial charge in [-0.05, 0) is 31.4 Å². The average molecular weight is 374 g/mol. The second-order valence-corrected chi connectivity index (χ2v) is 8.81. The topological polar surface area (TPSA) is 75.5 Å². The van der Waals surface area contributed by atoms with Crippen LogP contribution in [0, 0.1) is 0 Å². The highest BCUT2D eigenvalue weighted by atomic mass is 32.2. The summed E-state index contributed by atoms with van der Waals surface area (Å²) in [7, 11) is -3.21. The number of carbonyl (C=O) groups is 1. The van der Waals surface area contributed by atoms with Crippen molar-refractivity contribution >= 4 is 15.9 Å². The first-order valence-corrected chi connectivity index (χ1v) is 10.7. The Morgan fingerprint density at radius 3 is 2.38 bits per heavy atom. The molecule has 2 heterocycles. The van der Waals surface area contributed by atoms with E-state index in [2.05, 4.69) is 5.10 Å². The number of rotatable bonds is 3. The molecule has 0 saturated carbocycles. The van der Waals surface area contributed by atoms with Gasteiger partial charge in [-0.1, -0.05) is 18.2 Å². The summed E-state index contributed by atoms with van der Waals surface area (Å²) in [6, 6.07) is 9.87. The molecule has 0 spiro atoms. The minimum Gasteiger partial charge on any atom is -0.335 e. The fourth-order valence-corrected chi connectivity index (χ4v) is 4.59. The van der Waals surface area contributed by atoms with Crippen LogP contribution in [0.1, 0.15) is 28.2 Å². The SMILES string of the molecule is CS(=O)(=O)N1CCN(C(=O)c2nn(-c3ccccc3)c3c2CCC3)CC1. The van der Waals surface area contributed by atoms with Gasteiger partial charge in [-0.2, -0.15) is 9.40 Å². The highest BCUT2D eigenvalue weighted by molar-refractivity contribution is 7.88. The first-order chi connectivity index (χ1) is 12.4. The van der Waals surface area contributed by atoms with E-state index in [-0.39, 0.29) is 5.91 Å². The van der Waals surface area contributed by atoms with Crippen molar-refractivity contribution in [3.8, 4) is 5.69 Å². The molecular formula is C18H22N4O3S. The van der Waals surface area contributed by atoms with Gasteiger partial charge in [0.05, 0.1) is 11.9 Å². The highest BCUT2D eigenvalue weighted by Crippen LogP contribution is 2.28. The number of hydrogen-bond acceptors (Lipinski definition) is 4. The van der Waals surface area contributed by atoms with Crippen LogP contribution >= 0.6 is 0 Å². The molecule has 2 aliphatic rings. The van der Waals surface area contributed by atoms with Crippen LogP contribution in [0.5, 0.6) is 0 Å². The second-order valence-electron chi connectivity index (χ2n) is 6.83. The van der Waals surface area contributed by atoms with Crippen LogP contribution in [0.4, 0.5) is 0 Å². The maximum atomic E-state index is 13.0. The van der Waals surface area contributed by atoms with Crippen molar-refractivity contribution < 1.29 is 13.2 Å². The number of piperazine rings is 1. The molecule has 0 N–H and O–H groups in total. The zero-order valence-electron chi connectivity index (χ0n) is 14.8. The molecule has 1 aliphatic carbocycles. The number of amides is 1. The highest BCUT2D eigenvalue weighted by Gasteiger charge is 2.32. The molecule has 2 aromatic rings. The zero-order chi connectivity index (χ0) is 18.3. The van der Waals surface area contributed by atoms with Crippen LogP contribution in [-0.2, 0) is 22.9 Å². The van der Waals surface area contributed by atoms with Crippen molar-refractivity contribution in [2.45, 2.75) is 19.3 Å². The van der Waals surface area contributed by atoms with Crippen LogP contribution in [0.25, 0.3) is 5.69 Å². The Balaban J connectivity index is 1.60. The molecule has 1 fully saturated rings. The number of hydrogen-bond donors (Lipinski definition) is 0. The van der Waals surface area contributed by atoms with Crippen LogP contribution < -0.4 is 0 Å². The van der Waals surface area contributed by atoms with E-state index >= 15 is 0 Å². The fourth-order valence-electron chi connectivity index (χ4n) is 3.76. The minimum atomic E-state index is -3.21. The minimum absolute atomic E-state index is 0.0917. The lowest BCUT2D eigenvalue weighted by atomic mass is 10.1. The predicted molar refractivity (Wildman–Crippen MR) is 97.9 cm³/mol. The summed E-state index contributed by atoms with van der Waals surface area (Å²) in [4.78, 5) is 14.8. The molecule has 138 valence electrons. The molecule has 0 atom stereocenters. The Bertz CT molecular complexity index is 929. The van der Waals surface area contributed by atoms with Gasteiger partial charge in [-0.25, -0.2) is 13.1 Å². The summed E-state index contributed by atoms with van der Waals surface area (Å²) >= 11 is 0. The summed E-state index contributed by atoms with van der Waals surface area (Å²) in [5.74, 6) is -0.0917. The van der Waals surface area contributed by atoms with Gasteiger partial charge in [0.15, 0.2) is 5.69 Å². The summed E-state index contributed by atoms with van der Waals surface area (Å²) in [5.41, 5.74) is 3.65. The third-order valence-corrected chi connectivity index (χ3v) is 6.43. The van der Waals surface area contributed by atoms with E-state index in [0.29, 0.717) is 31.9 Å². The van der Waals surface area contributed by atoms with Crippen LogP contribution in [0.3, 0.4) is 0 Å². The van der Waals surface area contributed by atoms with Crippen molar-refractivity contribution in [2.24, 2.45) is 0 Å². The van der Waals surface area contributed by atoms with Crippen LogP contribution in [0.15, 0.2) is 30.3 Å². The largest absolute Gasteiger partial charge is 0.335 e. The average Bonchev–Trinajstić information content (AvgIpc) is 3.24. The number of fused-ring (bicyclic) bond motifs is 1. The Hall–Kier alpha value is -2.19. The normalized spacial score (nSPS) is 18.1.